The molecule has 2 aromatic carbocycles. The Bertz CT molecular complexity index is 755. The molecule has 0 spiro atoms. The van der Waals surface area contributed by atoms with Crippen molar-refractivity contribution in [1.29, 1.82) is 0 Å². The molecule has 4 nitrogen and oxygen atoms in total. The quantitative estimate of drug-likeness (QED) is 0.753. The predicted octanol–water partition coefficient (Wildman–Crippen LogP) is 3.63. The number of benzene rings is 2. The van der Waals surface area contributed by atoms with E-state index in [0.717, 1.165) is 43.2 Å². The molecule has 0 radical (unpaired) electrons. The molecule has 5 heteroatoms. The van der Waals surface area contributed by atoms with Crippen LogP contribution in [-0.4, -0.2) is 39.0 Å². The highest BCUT2D eigenvalue weighted by Gasteiger charge is 2.17. The van der Waals surface area contributed by atoms with Crippen LogP contribution in [-0.2, 0) is 10.0 Å². The van der Waals surface area contributed by atoms with Crippen LogP contribution >= 0.6 is 0 Å². The summed E-state index contributed by atoms with van der Waals surface area (Å²) in [6.45, 7) is 9.31. The zero-order valence-electron chi connectivity index (χ0n) is 14.8. The fraction of sp³-hybridized carbons (Fsp3) is 0.474. The van der Waals surface area contributed by atoms with Crippen molar-refractivity contribution in [2.45, 2.75) is 44.6 Å². The first-order valence-corrected chi connectivity index (χ1v) is 10.2. The standard InChI is InChI=1S/C19H28N2O2S/c1-4-21(5-2)14-8-9-16(3)20-24(22,23)19-13-12-17-10-6-7-11-18(17)15-19/h6-7,10-13,15-16,20H,4-5,8-9,14H2,1-3H3. The highest BCUT2D eigenvalue weighted by molar-refractivity contribution is 7.89. The summed E-state index contributed by atoms with van der Waals surface area (Å²) in [5, 5.41) is 1.98. The second-order valence-corrected chi connectivity index (χ2v) is 7.91. The van der Waals surface area contributed by atoms with Crippen molar-refractivity contribution < 1.29 is 8.42 Å². The molecule has 0 bridgehead atoms. The third kappa shape index (κ3) is 5.03. The van der Waals surface area contributed by atoms with E-state index in [2.05, 4.69) is 23.5 Å². The van der Waals surface area contributed by atoms with Crippen LogP contribution < -0.4 is 4.72 Å². The minimum atomic E-state index is -3.48. The van der Waals surface area contributed by atoms with Gasteiger partial charge in [-0.25, -0.2) is 13.1 Å². The third-order valence-electron chi connectivity index (χ3n) is 4.39. The molecular weight excluding hydrogens is 320 g/mol. The van der Waals surface area contributed by atoms with Crippen LogP contribution in [0.5, 0.6) is 0 Å². The lowest BCUT2D eigenvalue weighted by molar-refractivity contribution is 0.293. The van der Waals surface area contributed by atoms with Gasteiger partial charge in [-0.05, 0) is 62.3 Å². The lowest BCUT2D eigenvalue weighted by atomic mass is 10.1. The van der Waals surface area contributed by atoms with Gasteiger partial charge < -0.3 is 4.90 Å². The second kappa shape index (κ2) is 8.60. The van der Waals surface area contributed by atoms with E-state index in [0.29, 0.717) is 4.90 Å². The van der Waals surface area contributed by atoms with Gasteiger partial charge in [0.05, 0.1) is 4.90 Å². The summed E-state index contributed by atoms with van der Waals surface area (Å²) >= 11 is 0. The SMILES string of the molecule is CCN(CC)CCCC(C)NS(=O)(=O)c1ccc2ccccc2c1. The number of rotatable bonds is 9. The van der Waals surface area contributed by atoms with E-state index in [1.54, 1.807) is 12.1 Å². The van der Waals surface area contributed by atoms with Crippen molar-refractivity contribution >= 4 is 20.8 Å². The van der Waals surface area contributed by atoms with Crippen molar-refractivity contribution in [3.63, 3.8) is 0 Å². The molecule has 0 heterocycles. The van der Waals surface area contributed by atoms with Crippen molar-refractivity contribution in [3.8, 4) is 0 Å². The molecule has 132 valence electrons. The van der Waals surface area contributed by atoms with Crippen LogP contribution in [0.4, 0.5) is 0 Å². The van der Waals surface area contributed by atoms with Crippen LogP contribution in [0.2, 0.25) is 0 Å². The molecule has 0 aliphatic carbocycles. The summed E-state index contributed by atoms with van der Waals surface area (Å²) in [6.07, 6.45) is 1.83. The smallest absolute Gasteiger partial charge is 0.240 e. The largest absolute Gasteiger partial charge is 0.304 e. The van der Waals surface area contributed by atoms with E-state index >= 15 is 0 Å². The van der Waals surface area contributed by atoms with Gasteiger partial charge in [-0.3, -0.25) is 0 Å². The van der Waals surface area contributed by atoms with Crippen LogP contribution in [0.15, 0.2) is 47.4 Å². The molecule has 2 aromatic rings. The van der Waals surface area contributed by atoms with Gasteiger partial charge in [-0.1, -0.05) is 44.2 Å². The maximum Gasteiger partial charge on any atom is 0.240 e. The molecule has 0 aliphatic rings. The molecule has 1 N–H and O–H groups in total. The summed E-state index contributed by atoms with van der Waals surface area (Å²) in [5.74, 6) is 0. The average molecular weight is 349 g/mol. The number of sulfonamides is 1. The predicted molar refractivity (Wildman–Crippen MR) is 101 cm³/mol. The van der Waals surface area contributed by atoms with Crippen LogP contribution in [0, 0.1) is 0 Å². The van der Waals surface area contributed by atoms with E-state index < -0.39 is 10.0 Å². The molecule has 1 unspecified atom stereocenters. The zero-order chi connectivity index (χ0) is 17.6. The van der Waals surface area contributed by atoms with Crippen molar-refractivity contribution in [2.24, 2.45) is 0 Å². The lowest BCUT2D eigenvalue weighted by Crippen LogP contribution is -2.33. The fourth-order valence-electron chi connectivity index (χ4n) is 2.89. The van der Waals surface area contributed by atoms with E-state index in [1.165, 1.54) is 0 Å². The molecule has 0 saturated heterocycles. The van der Waals surface area contributed by atoms with Crippen LogP contribution in [0.3, 0.4) is 0 Å². The Hall–Kier alpha value is -1.43. The minimum absolute atomic E-state index is 0.0722. The number of hydrogen-bond acceptors (Lipinski definition) is 3. The monoisotopic (exact) mass is 348 g/mol. The average Bonchev–Trinajstić information content (AvgIpc) is 2.58. The van der Waals surface area contributed by atoms with Gasteiger partial charge in [0.2, 0.25) is 10.0 Å². The first-order valence-electron chi connectivity index (χ1n) is 8.69. The Morgan fingerprint density at radius 3 is 2.38 bits per heavy atom. The first kappa shape index (κ1) is 18.9. The number of nitrogens with one attached hydrogen (secondary N) is 1. The maximum absolute atomic E-state index is 12.6. The molecule has 0 fully saturated rings. The Kier molecular flexibility index (Phi) is 6.78. The summed E-state index contributed by atoms with van der Waals surface area (Å²) < 4.78 is 27.9. The summed E-state index contributed by atoms with van der Waals surface area (Å²) in [4.78, 5) is 2.68. The van der Waals surface area contributed by atoms with Gasteiger partial charge in [-0.2, -0.15) is 0 Å². The summed E-state index contributed by atoms with van der Waals surface area (Å²) in [6, 6.07) is 13.0. The first-order chi connectivity index (χ1) is 11.5. The fourth-order valence-corrected chi connectivity index (χ4v) is 4.20. The summed E-state index contributed by atoms with van der Waals surface area (Å²) in [7, 11) is -3.48. The Morgan fingerprint density at radius 1 is 1.04 bits per heavy atom. The number of fused-ring (bicyclic) bond motifs is 1. The van der Waals surface area contributed by atoms with Gasteiger partial charge >= 0.3 is 0 Å². The topological polar surface area (TPSA) is 49.4 Å². The molecule has 0 amide bonds. The number of hydrogen-bond donors (Lipinski definition) is 1. The van der Waals surface area contributed by atoms with E-state index in [9.17, 15) is 8.42 Å². The van der Waals surface area contributed by atoms with Gasteiger partial charge in [0.25, 0.3) is 0 Å². The summed E-state index contributed by atoms with van der Waals surface area (Å²) in [5.41, 5.74) is 0. The lowest BCUT2D eigenvalue weighted by Gasteiger charge is -2.19. The van der Waals surface area contributed by atoms with Gasteiger partial charge in [0, 0.05) is 6.04 Å². The van der Waals surface area contributed by atoms with Gasteiger partial charge in [-0.15, -0.1) is 0 Å². The zero-order valence-corrected chi connectivity index (χ0v) is 15.6. The molecule has 0 saturated carbocycles. The number of nitrogens with zero attached hydrogens (tertiary/aromatic N) is 1. The van der Waals surface area contributed by atoms with E-state index in [-0.39, 0.29) is 6.04 Å². The van der Waals surface area contributed by atoms with Crippen LogP contribution in [0.25, 0.3) is 10.8 Å². The normalized spacial score (nSPS) is 13.5. The van der Waals surface area contributed by atoms with Crippen molar-refractivity contribution in [3.05, 3.63) is 42.5 Å². The Labute approximate surface area is 145 Å². The Morgan fingerprint density at radius 2 is 1.71 bits per heavy atom. The highest BCUT2D eigenvalue weighted by Crippen LogP contribution is 2.19. The molecule has 1 atom stereocenters. The van der Waals surface area contributed by atoms with Gasteiger partial charge in [0.1, 0.15) is 0 Å². The highest BCUT2D eigenvalue weighted by atomic mass is 32.2. The molecular formula is C19H28N2O2S. The van der Waals surface area contributed by atoms with E-state index in [1.807, 2.05) is 37.3 Å². The molecule has 0 aliphatic heterocycles. The third-order valence-corrected chi connectivity index (χ3v) is 5.98. The van der Waals surface area contributed by atoms with Gasteiger partial charge in [0.15, 0.2) is 0 Å². The molecule has 24 heavy (non-hydrogen) atoms. The Balaban J connectivity index is 1.98. The van der Waals surface area contributed by atoms with Crippen LogP contribution in [0.1, 0.15) is 33.6 Å². The van der Waals surface area contributed by atoms with Crippen molar-refractivity contribution in [2.75, 3.05) is 19.6 Å². The van der Waals surface area contributed by atoms with E-state index in [4.69, 9.17) is 0 Å². The molecule has 0 aromatic heterocycles. The van der Waals surface area contributed by atoms with Crippen molar-refractivity contribution in [1.82, 2.24) is 9.62 Å². The maximum atomic E-state index is 12.6. The minimum Gasteiger partial charge on any atom is -0.304 e. The second-order valence-electron chi connectivity index (χ2n) is 6.20. The molecule has 2 rings (SSSR count).